The number of rotatable bonds is 3. The summed E-state index contributed by atoms with van der Waals surface area (Å²) in [7, 11) is 0. The summed E-state index contributed by atoms with van der Waals surface area (Å²) < 4.78 is 10.9. The first kappa shape index (κ1) is 21.2. The number of nitrogens with one attached hydrogen (secondary N) is 2. The van der Waals surface area contributed by atoms with Crippen molar-refractivity contribution in [2.45, 2.75) is 39.3 Å². The number of amides is 2. The third-order valence-electron chi connectivity index (χ3n) is 5.30. The van der Waals surface area contributed by atoms with E-state index >= 15 is 0 Å². The van der Waals surface area contributed by atoms with Gasteiger partial charge < -0.3 is 24.6 Å². The molecule has 3 heterocycles. The van der Waals surface area contributed by atoms with Crippen LogP contribution in [0.3, 0.4) is 0 Å². The number of hydrogen-bond donors (Lipinski definition) is 2. The van der Waals surface area contributed by atoms with E-state index in [9.17, 15) is 9.59 Å². The van der Waals surface area contributed by atoms with Crippen LogP contribution in [0.25, 0.3) is 0 Å². The second kappa shape index (κ2) is 8.58. The fourth-order valence-electron chi connectivity index (χ4n) is 3.81. The Morgan fingerprint density at radius 3 is 2.65 bits per heavy atom. The van der Waals surface area contributed by atoms with Crippen LogP contribution in [0.1, 0.15) is 42.5 Å². The highest BCUT2D eigenvalue weighted by molar-refractivity contribution is 6.05. The normalized spacial score (nSPS) is 16.6. The van der Waals surface area contributed by atoms with Crippen molar-refractivity contribution >= 4 is 23.4 Å². The second-order valence-corrected chi connectivity index (χ2v) is 8.75. The Balaban J connectivity index is 1.51. The Morgan fingerprint density at radius 1 is 1.16 bits per heavy atom. The number of para-hydroxylation sites is 2. The first-order valence-corrected chi connectivity index (χ1v) is 10.6. The van der Waals surface area contributed by atoms with Gasteiger partial charge in [0.25, 0.3) is 5.91 Å². The molecule has 0 bridgehead atoms. The predicted molar refractivity (Wildman–Crippen MR) is 116 cm³/mol. The molecular formula is C22H29N5O4. The molecule has 0 unspecified atom stereocenters. The van der Waals surface area contributed by atoms with E-state index in [1.54, 1.807) is 4.90 Å². The Kier molecular flexibility index (Phi) is 5.86. The lowest BCUT2D eigenvalue weighted by molar-refractivity contribution is 0.0222. The Morgan fingerprint density at radius 2 is 1.90 bits per heavy atom. The highest BCUT2D eigenvalue weighted by Gasteiger charge is 2.30. The number of aromatic nitrogens is 2. The monoisotopic (exact) mass is 427 g/mol. The van der Waals surface area contributed by atoms with Gasteiger partial charge in [-0.25, -0.2) is 4.79 Å². The van der Waals surface area contributed by atoms with Crippen molar-refractivity contribution in [2.24, 2.45) is 0 Å². The van der Waals surface area contributed by atoms with E-state index in [2.05, 4.69) is 20.4 Å². The van der Waals surface area contributed by atoms with Gasteiger partial charge in [-0.05, 0) is 32.9 Å². The van der Waals surface area contributed by atoms with Gasteiger partial charge in [0.1, 0.15) is 5.60 Å². The van der Waals surface area contributed by atoms with E-state index in [0.29, 0.717) is 31.9 Å². The van der Waals surface area contributed by atoms with E-state index in [4.69, 9.17) is 9.47 Å². The van der Waals surface area contributed by atoms with Gasteiger partial charge in [0.05, 0.1) is 31.1 Å². The zero-order valence-electron chi connectivity index (χ0n) is 18.2. The molecule has 1 aromatic carbocycles. The molecule has 2 aromatic rings. The summed E-state index contributed by atoms with van der Waals surface area (Å²) in [5.41, 5.74) is 3.03. The number of hydrogen-bond acceptors (Lipinski definition) is 6. The number of carbonyl (C=O) groups excluding carboxylic acids is 2. The Hall–Kier alpha value is -3.07. The standard InChI is InChI=1S/C22H29N5O4/c1-22(2,3)31-21(29)27-9-8-16-15(14-27)19(25-24-16)20(28)23-17-6-4-5-7-18(17)26-10-12-30-13-11-26/h4-7H,8-14H2,1-3H3,(H,23,28)(H,24,25). The SMILES string of the molecule is CC(C)(C)OC(=O)N1CCc2[nH]nc(C(=O)Nc3ccccc3N3CCOCC3)c2C1. The van der Waals surface area contributed by atoms with Gasteiger partial charge in [-0.1, -0.05) is 12.1 Å². The van der Waals surface area contributed by atoms with Gasteiger partial charge in [-0.15, -0.1) is 0 Å². The quantitative estimate of drug-likeness (QED) is 0.781. The lowest BCUT2D eigenvalue weighted by atomic mass is 10.1. The summed E-state index contributed by atoms with van der Waals surface area (Å²) in [5.74, 6) is -0.302. The fraction of sp³-hybridized carbons (Fsp3) is 0.500. The van der Waals surface area contributed by atoms with Crippen molar-refractivity contribution < 1.29 is 19.1 Å². The number of benzene rings is 1. The lowest BCUT2D eigenvalue weighted by Gasteiger charge is -2.30. The Labute approximate surface area is 181 Å². The first-order chi connectivity index (χ1) is 14.8. The lowest BCUT2D eigenvalue weighted by Crippen LogP contribution is -2.40. The molecule has 0 radical (unpaired) electrons. The van der Waals surface area contributed by atoms with Crippen LogP contribution in [0, 0.1) is 0 Å². The van der Waals surface area contributed by atoms with E-state index in [1.165, 1.54) is 0 Å². The van der Waals surface area contributed by atoms with Crippen LogP contribution >= 0.6 is 0 Å². The van der Waals surface area contributed by atoms with Crippen molar-refractivity contribution in [1.82, 2.24) is 15.1 Å². The molecule has 1 saturated heterocycles. The molecule has 4 rings (SSSR count). The summed E-state index contributed by atoms with van der Waals surface area (Å²) in [5, 5.41) is 10.2. The molecule has 9 nitrogen and oxygen atoms in total. The number of H-pyrrole nitrogens is 1. The minimum Gasteiger partial charge on any atom is -0.444 e. The number of aromatic amines is 1. The van der Waals surface area contributed by atoms with Crippen molar-refractivity contribution in [3.05, 3.63) is 41.2 Å². The molecule has 0 spiro atoms. The van der Waals surface area contributed by atoms with Crippen LogP contribution in [-0.2, 0) is 22.4 Å². The molecule has 2 amide bonds. The minimum absolute atomic E-state index is 0.286. The van der Waals surface area contributed by atoms with Gasteiger partial charge in [-0.2, -0.15) is 5.10 Å². The van der Waals surface area contributed by atoms with Crippen LogP contribution in [0.4, 0.5) is 16.2 Å². The topological polar surface area (TPSA) is 99.8 Å². The summed E-state index contributed by atoms with van der Waals surface area (Å²) in [6.07, 6.45) is 0.211. The minimum atomic E-state index is -0.572. The van der Waals surface area contributed by atoms with E-state index in [-0.39, 0.29) is 18.5 Å². The number of fused-ring (bicyclic) bond motifs is 1. The molecule has 0 atom stereocenters. The molecule has 31 heavy (non-hydrogen) atoms. The maximum Gasteiger partial charge on any atom is 0.410 e. The van der Waals surface area contributed by atoms with Crippen molar-refractivity contribution in [2.75, 3.05) is 43.1 Å². The largest absolute Gasteiger partial charge is 0.444 e. The van der Waals surface area contributed by atoms with E-state index in [0.717, 1.165) is 35.7 Å². The smallest absolute Gasteiger partial charge is 0.410 e. The zero-order valence-corrected chi connectivity index (χ0v) is 18.2. The van der Waals surface area contributed by atoms with E-state index in [1.807, 2.05) is 45.0 Å². The van der Waals surface area contributed by atoms with Gasteiger partial charge in [0.2, 0.25) is 0 Å². The molecule has 0 aliphatic carbocycles. The second-order valence-electron chi connectivity index (χ2n) is 8.75. The van der Waals surface area contributed by atoms with Crippen molar-refractivity contribution in [1.29, 1.82) is 0 Å². The maximum atomic E-state index is 13.1. The van der Waals surface area contributed by atoms with Gasteiger partial charge in [0, 0.05) is 37.3 Å². The summed E-state index contributed by atoms with van der Waals surface area (Å²) >= 11 is 0. The van der Waals surface area contributed by atoms with E-state index < -0.39 is 5.60 Å². The third kappa shape index (κ3) is 4.82. The molecule has 166 valence electrons. The molecule has 1 aromatic heterocycles. The number of ether oxygens (including phenoxy) is 2. The van der Waals surface area contributed by atoms with Crippen LogP contribution in [-0.4, -0.2) is 65.5 Å². The van der Waals surface area contributed by atoms with Crippen molar-refractivity contribution in [3.63, 3.8) is 0 Å². The molecule has 2 aliphatic rings. The van der Waals surface area contributed by atoms with Gasteiger partial charge >= 0.3 is 6.09 Å². The van der Waals surface area contributed by atoms with Crippen LogP contribution in [0.5, 0.6) is 0 Å². The molecule has 2 aliphatic heterocycles. The summed E-state index contributed by atoms with van der Waals surface area (Å²) in [6.45, 7) is 9.19. The van der Waals surface area contributed by atoms with Gasteiger partial charge in [0.15, 0.2) is 5.69 Å². The average Bonchev–Trinajstić information content (AvgIpc) is 3.17. The fourth-order valence-corrected chi connectivity index (χ4v) is 3.81. The first-order valence-electron chi connectivity index (χ1n) is 10.6. The maximum absolute atomic E-state index is 13.1. The molecular weight excluding hydrogens is 398 g/mol. The molecule has 2 N–H and O–H groups in total. The van der Waals surface area contributed by atoms with Crippen molar-refractivity contribution in [3.8, 4) is 0 Å². The number of nitrogens with zero attached hydrogens (tertiary/aromatic N) is 3. The number of carbonyl (C=O) groups is 2. The number of morpholine rings is 1. The molecule has 0 saturated carbocycles. The number of anilines is 2. The molecule has 1 fully saturated rings. The molecule has 9 heteroatoms. The third-order valence-corrected chi connectivity index (χ3v) is 5.30. The summed E-state index contributed by atoms with van der Waals surface area (Å²) in [4.78, 5) is 29.4. The highest BCUT2D eigenvalue weighted by Crippen LogP contribution is 2.28. The average molecular weight is 428 g/mol. The van der Waals surface area contributed by atoms with Gasteiger partial charge in [-0.3, -0.25) is 9.89 Å². The zero-order chi connectivity index (χ0) is 22.0. The summed E-state index contributed by atoms with van der Waals surface area (Å²) in [6, 6.07) is 7.72. The highest BCUT2D eigenvalue weighted by atomic mass is 16.6. The predicted octanol–water partition coefficient (Wildman–Crippen LogP) is 2.79. The van der Waals surface area contributed by atoms with Crippen LogP contribution < -0.4 is 10.2 Å². The Bertz CT molecular complexity index is 959. The van der Waals surface area contributed by atoms with Crippen LogP contribution in [0.2, 0.25) is 0 Å². The van der Waals surface area contributed by atoms with Crippen LogP contribution in [0.15, 0.2) is 24.3 Å².